The Morgan fingerprint density at radius 1 is 1.08 bits per heavy atom. The fourth-order valence-electron chi connectivity index (χ4n) is 2.06. The van der Waals surface area contributed by atoms with Crippen LogP contribution in [0.15, 0.2) is 48.5 Å². The van der Waals surface area contributed by atoms with Crippen LogP contribution >= 0.6 is 11.6 Å². The van der Waals surface area contributed by atoms with Crippen molar-refractivity contribution in [3.05, 3.63) is 64.7 Å². The van der Waals surface area contributed by atoms with Gasteiger partial charge in [-0.25, -0.2) is 4.79 Å². The number of carbonyl (C=O) groups excluding carboxylic acids is 2. The van der Waals surface area contributed by atoms with Crippen LogP contribution in [-0.2, 0) is 9.53 Å². The van der Waals surface area contributed by atoms with Crippen LogP contribution in [0, 0.1) is 0 Å². The maximum absolute atomic E-state index is 11.9. The van der Waals surface area contributed by atoms with Crippen LogP contribution in [0.3, 0.4) is 0 Å². The van der Waals surface area contributed by atoms with E-state index < -0.39 is 5.97 Å². The van der Waals surface area contributed by atoms with E-state index in [0.717, 1.165) is 11.3 Å². The molecule has 0 spiro atoms. The van der Waals surface area contributed by atoms with Gasteiger partial charge in [0.25, 0.3) is 5.91 Å². The average Bonchev–Trinajstić information content (AvgIpc) is 2.60. The van der Waals surface area contributed by atoms with Gasteiger partial charge in [0.2, 0.25) is 0 Å². The first-order valence-corrected chi connectivity index (χ1v) is 7.73. The Morgan fingerprint density at radius 3 is 2.29 bits per heavy atom. The number of benzene rings is 2. The molecule has 0 fully saturated rings. The molecule has 0 bridgehead atoms. The molecule has 1 atom stereocenters. The minimum absolute atomic E-state index is 0.211. The third-order valence-corrected chi connectivity index (χ3v) is 3.66. The van der Waals surface area contributed by atoms with E-state index in [1.54, 1.807) is 31.4 Å². The van der Waals surface area contributed by atoms with Crippen LogP contribution in [0.25, 0.3) is 0 Å². The standard InChI is InChI=1S/C18H18ClNO4/c1-12(13-5-9-16(23-2)10-6-13)20-17(21)11-24-18(22)14-3-7-15(19)8-4-14/h3-10,12H,11H2,1-2H3,(H,20,21)/t12-/m0/s1. The summed E-state index contributed by atoms with van der Waals surface area (Å²) >= 11 is 5.75. The molecule has 0 aliphatic carbocycles. The molecule has 0 unspecified atom stereocenters. The summed E-state index contributed by atoms with van der Waals surface area (Å²) in [6.07, 6.45) is 0. The third-order valence-electron chi connectivity index (χ3n) is 3.41. The van der Waals surface area contributed by atoms with Crippen LogP contribution in [0.4, 0.5) is 0 Å². The molecule has 0 aromatic heterocycles. The molecule has 2 aromatic rings. The molecule has 0 aliphatic rings. The number of ether oxygens (including phenoxy) is 2. The number of esters is 1. The maximum Gasteiger partial charge on any atom is 0.338 e. The normalized spacial score (nSPS) is 11.5. The van der Waals surface area contributed by atoms with E-state index in [-0.39, 0.29) is 18.6 Å². The lowest BCUT2D eigenvalue weighted by Gasteiger charge is -2.15. The van der Waals surface area contributed by atoms with Gasteiger partial charge >= 0.3 is 5.97 Å². The smallest absolute Gasteiger partial charge is 0.338 e. The van der Waals surface area contributed by atoms with Crippen LogP contribution in [-0.4, -0.2) is 25.6 Å². The lowest BCUT2D eigenvalue weighted by molar-refractivity contribution is -0.124. The molecular weight excluding hydrogens is 330 g/mol. The van der Waals surface area contributed by atoms with Crippen LogP contribution in [0.2, 0.25) is 5.02 Å². The van der Waals surface area contributed by atoms with Gasteiger partial charge in [-0.15, -0.1) is 0 Å². The van der Waals surface area contributed by atoms with Crippen molar-refractivity contribution >= 4 is 23.5 Å². The zero-order chi connectivity index (χ0) is 17.5. The van der Waals surface area contributed by atoms with Gasteiger partial charge in [0.05, 0.1) is 18.7 Å². The first kappa shape index (κ1) is 17.8. The lowest BCUT2D eigenvalue weighted by Crippen LogP contribution is -2.31. The highest BCUT2D eigenvalue weighted by Gasteiger charge is 2.13. The number of nitrogens with one attached hydrogen (secondary N) is 1. The van der Waals surface area contributed by atoms with E-state index in [1.165, 1.54) is 0 Å². The number of methoxy groups -OCH3 is 1. The van der Waals surface area contributed by atoms with E-state index in [0.29, 0.717) is 10.6 Å². The van der Waals surface area contributed by atoms with Gasteiger partial charge in [-0.05, 0) is 48.9 Å². The quantitative estimate of drug-likeness (QED) is 0.813. The van der Waals surface area contributed by atoms with E-state index >= 15 is 0 Å². The summed E-state index contributed by atoms with van der Waals surface area (Å²) in [5.41, 5.74) is 1.27. The number of carbonyl (C=O) groups is 2. The highest BCUT2D eigenvalue weighted by atomic mass is 35.5. The van der Waals surface area contributed by atoms with Gasteiger partial charge in [0, 0.05) is 5.02 Å². The number of amides is 1. The summed E-state index contributed by atoms with van der Waals surface area (Å²) in [5.74, 6) is -0.200. The molecule has 126 valence electrons. The molecule has 1 N–H and O–H groups in total. The predicted octanol–water partition coefficient (Wildman–Crippen LogP) is 3.38. The minimum atomic E-state index is -0.570. The number of halogens is 1. The van der Waals surface area contributed by atoms with Crippen molar-refractivity contribution in [2.24, 2.45) is 0 Å². The minimum Gasteiger partial charge on any atom is -0.497 e. The molecule has 1 amide bonds. The topological polar surface area (TPSA) is 64.6 Å². The van der Waals surface area contributed by atoms with Crippen molar-refractivity contribution in [2.45, 2.75) is 13.0 Å². The molecule has 0 radical (unpaired) electrons. The summed E-state index contributed by atoms with van der Waals surface area (Å²) in [6, 6.07) is 13.4. The molecule has 0 heterocycles. The zero-order valence-corrected chi connectivity index (χ0v) is 14.2. The largest absolute Gasteiger partial charge is 0.497 e. The first-order chi connectivity index (χ1) is 11.5. The number of hydrogen-bond acceptors (Lipinski definition) is 4. The molecule has 6 heteroatoms. The van der Waals surface area contributed by atoms with Crippen LogP contribution in [0.5, 0.6) is 5.75 Å². The second kappa shape index (κ2) is 8.36. The Kier molecular flexibility index (Phi) is 6.21. The van der Waals surface area contributed by atoms with Gasteiger partial charge < -0.3 is 14.8 Å². The predicted molar refractivity (Wildman–Crippen MR) is 91.3 cm³/mol. The lowest BCUT2D eigenvalue weighted by atomic mass is 10.1. The monoisotopic (exact) mass is 347 g/mol. The van der Waals surface area contributed by atoms with Gasteiger partial charge in [-0.3, -0.25) is 4.79 Å². The fraction of sp³-hybridized carbons (Fsp3) is 0.222. The van der Waals surface area contributed by atoms with Crippen LogP contribution < -0.4 is 10.1 Å². The fourth-order valence-corrected chi connectivity index (χ4v) is 2.19. The van der Waals surface area contributed by atoms with Crippen LogP contribution in [0.1, 0.15) is 28.9 Å². The van der Waals surface area contributed by atoms with Crippen molar-refractivity contribution in [2.75, 3.05) is 13.7 Å². The molecule has 0 saturated carbocycles. The summed E-state index contributed by atoms with van der Waals surface area (Å²) < 4.78 is 10.1. The molecule has 2 rings (SSSR count). The zero-order valence-electron chi connectivity index (χ0n) is 13.4. The van der Waals surface area contributed by atoms with Crippen molar-refractivity contribution in [1.29, 1.82) is 0 Å². The highest BCUT2D eigenvalue weighted by Crippen LogP contribution is 2.17. The Bertz CT molecular complexity index is 698. The van der Waals surface area contributed by atoms with Crippen molar-refractivity contribution < 1.29 is 19.1 Å². The van der Waals surface area contributed by atoms with E-state index in [4.69, 9.17) is 21.1 Å². The molecular formula is C18H18ClNO4. The molecule has 2 aromatic carbocycles. The molecule has 0 saturated heterocycles. The number of hydrogen-bond donors (Lipinski definition) is 1. The Labute approximate surface area is 145 Å². The molecule has 24 heavy (non-hydrogen) atoms. The maximum atomic E-state index is 11.9. The van der Waals surface area contributed by atoms with Gasteiger partial charge in [-0.1, -0.05) is 23.7 Å². The second-order valence-electron chi connectivity index (χ2n) is 5.15. The van der Waals surface area contributed by atoms with Crippen molar-refractivity contribution in [3.8, 4) is 5.75 Å². The Morgan fingerprint density at radius 2 is 1.71 bits per heavy atom. The average molecular weight is 348 g/mol. The molecule has 0 aliphatic heterocycles. The summed E-state index contributed by atoms with van der Waals surface area (Å²) in [6.45, 7) is 1.50. The second-order valence-corrected chi connectivity index (χ2v) is 5.58. The van der Waals surface area contributed by atoms with Gasteiger partial charge in [0.1, 0.15) is 5.75 Å². The third kappa shape index (κ3) is 4.99. The number of rotatable bonds is 6. The van der Waals surface area contributed by atoms with E-state index in [2.05, 4.69) is 5.32 Å². The van der Waals surface area contributed by atoms with Gasteiger partial charge in [-0.2, -0.15) is 0 Å². The summed E-state index contributed by atoms with van der Waals surface area (Å²) in [5, 5.41) is 3.30. The van der Waals surface area contributed by atoms with Crippen molar-refractivity contribution in [3.63, 3.8) is 0 Å². The van der Waals surface area contributed by atoms with E-state index in [1.807, 2.05) is 31.2 Å². The summed E-state index contributed by atoms with van der Waals surface area (Å²) in [4.78, 5) is 23.7. The van der Waals surface area contributed by atoms with E-state index in [9.17, 15) is 9.59 Å². The van der Waals surface area contributed by atoms with Crippen molar-refractivity contribution in [1.82, 2.24) is 5.32 Å². The SMILES string of the molecule is COc1ccc([C@H](C)NC(=O)COC(=O)c2ccc(Cl)cc2)cc1. The van der Waals surface area contributed by atoms with Gasteiger partial charge in [0.15, 0.2) is 6.61 Å². The Hall–Kier alpha value is -2.53. The highest BCUT2D eigenvalue weighted by molar-refractivity contribution is 6.30. The Balaban J connectivity index is 1.83. The first-order valence-electron chi connectivity index (χ1n) is 7.35. The summed E-state index contributed by atoms with van der Waals surface area (Å²) in [7, 11) is 1.59. The molecule has 5 nitrogen and oxygen atoms in total.